The number of aromatic hydroxyl groups is 1. The molecule has 4 rings (SSSR count). The van der Waals surface area contributed by atoms with Crippen molar-refractivity contribution < 1.29 is 62.2 Å². The summed E-state index contributed by atoms with van der Waals surface area (Å²) in [4.78, 5) is 62.7. The molecule has 0 aliphatic carbocycles. The molecule has 0 bridgehead atoms. The minimum atomic E-state index is -1.46. The van der Waals surface area contributed by atoms with E-state index >= 15 is 0 Å². The number of methoxy groups -OCH3 is 1. The van der Waals surface area contributed by atoms with E-state index in [4.69, 9.17) is 33.2 Å². The molecule has 1 fully saturated rings. The Morgan fingerprint density at radius 3 is 2.10 bits per heavy atom. The molecule has 0 saturated carbocycles. The summed E-state index contributed by atoms with van der Waals surface area (Å²) < 4.78 is 39.1. The Morgan fingerprint density at radius 2 is 1.52 bits per heavy atom. The third-order valence-electron chi connectivity index (χ3n) is 7.73. The highest BCUT2D eigenvalue weighted by Crippen LogP contribution is 2.47. The Kier molecular flexibility index (Phi) is 13.3. The van der Waals surface area contributed by atoms with Crippen molar-refractivity contribution >= 4 is 47.3 Å². The predicted octanol–water partition coefficient (Wildman–Crippen LogP) is 3.61. The summed E-state index contributed by atoms with van der Waals surface area (Å²) >= 11 is 0.858. The van der Waals surface area contributed by atoms with E-state index in [1.54, 1.807) is 37.3 Å². The van der Waals surface area contributed by atoms with Gasteiger partial charge in [0.1, 0.15) is 12.7 Å². The number of allylic oxidation sites excluding steroid dienone is 1. The second kappa shape index (κ2) is 17.6. The molecule has 16 heteroatoms. The Bertz CT molecular complexity index is 1800. The molecule has 0 amide bonds. The van der Waals surface area contributed by atoms with Crippen LogP contribution in [0.25, 0.3) is 5.70 Å². The second-order valence-electron chi connectivity index (χ2n) is 11.4. The lowest BCUT2D eigenvalue weighted by Crippen LogP contribution is -2.61. The average molecular weight is 739 g/mol. The third kappa shape index (κ3) is 9.22. The number of ether oxygens (including phenoxy) is 7. The number of hydrogen-bond acceptors (Lipinski definition) is 16. The van der Waals surface area contributed by atoms with E-state index in [0.717, 1.165) is 39.5 Å². The van der Waals surface area contributed by atoms with Crippen molar-refractivity contribution in [3.05, 3.63) is 75.8 Å². The average Bonchev–Trinajstić information content (AvgIpc) is 3.09. The van der Waals surface area contributed by atoms with Crippen LogP contribution >= 0.6 is 11.8 Å². The highest BCUT2D eigenvalue weighted by atomic mass is 32.2. The molecule has 6 atom stereocenters. The summed E-state index contributed by atoms with van der Waals surface area (Å²) in [7, 11) is 1.35. The number of esters is 5. The first kappa shape index (κ1) is 39.3. The molecular formula is C36H38N2O13S. The van der Waals surface area contributed by atoms with Crippen LogP contribution in [-0.4, -0.2) is 85.1 Å². The number of thioether (sulfide) groups is 1. The number of dihydropyridines is 1. The Hall–Kier alpha value is -5.53. The van der Waals surface area contributed by atoms with Gasteiger partial charge in [-0.1, -0.05) is 48.2 Å². The molecule has 52 heavy (non-hydrogen) atoms. The van der Waals surface area contributed by atoms with Crippen molar-refractivity contribution in [3.63, 3.8) is 0 Å². The monoisotopic (exact) mass is 738 g/mol. The number of hydrogen-bond donors (Lipinski definition) is 2. The molecule has 2 aromatic rings. The minimum Gasteiger partial charge on any atom is -0.504 e. The van der Waals surface area contributed by atoms with E-state index in [1.807, 2.05) is 0 Å². The summed E-state index contributed by atoms with van der Waals surface area (Å²) in [6.45, 7) is 5.71. The molecule has 0 spiro atoms. The fraction of sp³-hybridized carbons (Fsp3) is 0.389. The predicted molar refractivity (Wildman–Crippen MR) is 183 cm³/mol. The Labute approximate surface area is 303 Å². The minimum absolute atomic E-state index is 0.00617. The Balaban J connectivity index is 1.96. The summed E-state index contributed by atoms with van der Waals surface area (Å²) in [6, 6.07) is 15.3. The Morgan fingerprint density at radius 1 is 0.885 bits per heavy atom. The second-order valence-corrected chi connectivity index (χ2v) is 12.5. The molecule has 15 nitrogen and oxygen atoms in total. The lowest BCUT2D eigenvalue weighted by molar-refractivity contribution is -0.237. The largest absolute Gasteiger partial charge is 0.504 e. The van der Waals surface area contributed by atoms with E-state index < -0.39 is 72.2 Å². The van der Waals surface area contributed by atoms with Gasteiger partial charge in [0.15, 0.2) is 35.2 Å². The highest BCUT2D eigenvalue weighted by Gasteiger charge is 2.53. The van der Waals surface area contributed by atoms with Crippen LogP contribution in [0.3, 0.4) is 0 Å². The van der Waals surface area contributed by atoms with Crippen LogP contribution in [0.2, 0.25) is 0 Å². The van der Waals surface area contributed by atoms with Crippen LogP contribution < -0.4 is 10.1 Å². The summed E-state index contributed by atoms with van der Waals surface area (Å²) in [6.07, 6.45) is -5.53. The standard InChI is InChI=1S/C36H38N2O13S/c1-7-46-35(44)29-28(23-13-14-25(43)26(15-23)45-6)24(16-37)34(38-30(29)22-11-9-8-10-12-22)52-36-33(50-21(5)42)32(49-20(4)41)31(48-19(3)40)27(51-36)17-47-18(2)39/h8-15,27-28,31-33,36,38,43H,7,17H2,1-6H3/t27-,28?,31+,32+,33-,36+/m1/s1. The van der Waals surface area contributed by atoms with Gasteiger partial charge in [-0.2, -0.15) is 5.26 Å². The van der Waals surface area contributed by atoms with Crippen LogP contribution in [0.1, 0.15) is 51.7 Å². The fourth-order valence-electron chi connectivity index (χ4n) is 5.74. The summed E-state index contributed by atoms with van der Waals surface area (Å²) in [5, 5.41) is 24.5. The first-order chi connectivity index (χ1) is 24.8. The number of nitrogens with zero attached hydrogens (tertiary/aromatic N) is 1. The maximum absolute atomic E-state index is 13.8. The molecule has 2 heterocycles. The molecule has 2 aliphatic rings. The lowest BCUT2D eigenvalue weighted by atomic mass is 9.81. The number of nitriles is 1. The molecule has 2 aliphatic heterocycles. The van der Waals surface area contributed by atoms with E-state index in [9.17, 15) is 34.3 Å². The van der Waals surface area contributed by atoms with Crippen molar-refractivity contribution in [2.75, 3.05) is 20.3 Å². The highest BCUT2D eigenvalue weighted by molar-refractivity contribution is 8.03. The molecule has 0 radical (unpaired) electrons. The molecule has 1 saturated heterocycles. The van der Waals surface area contributed by atoms with Gasteiger partial charge in [0.2, 0.25) is 0 Å². The maximum Gasteiger partial charge on any atom is 0.337 e. The van der Waals surface area contributed by atoms with Gasteiger partial charge in [0.05, 0.1) is 47.6 Å². The smallest absolute Gasteiger partial charge is 0.337 e. The van der Waals surface area contributed by atoms with Gasteiger partial charge < -0.3 is 43.6 Å². The number of nitrogens with one attached hydrogen (secondary N) is 1. The van der Waals surface area contributed by atoms with Crippen molar-refractivity contribution in [1.82, 2.24) is 5.32 Å². The maximum atomic E-state index is 13.8. The summed E-state index contributed by atoms with van der Waals surface area (Å²) in [5.74, 6) is -5.01. The molecule has 0 aromatic heterocycles. The van der Waals surface area contributed by atoms with E-state index in [-0.39, 0.29) is 40.0 Å². The zero-order valence-electron chi connectivity index (χ0n) is 29.2. The van der Waals surface area contributed by atoms with Crippen molar-refractivity contribution in [2.24, 2.45) is 0 Å². The van der Waals surface area contributed by atoms with Crippen molar-refractivity contribution in [3.8, 4) is 17.6 Å². The van der Waals surface area contributed by atoms with Crippen LogP contribution in [0, 0.1) is 11.3 Å². The van der Waals surface area contributed by atoms with E-state index in [2.05, 4.69) is 11.4 Å². The molecule has 1 unspecified atom stereocenters. The van der Waals surface area contributed by atoms with Crippen LogP contribution in [0.15, 0.2) is 64.7 Å². The zero-order chi connectivity index (χ0) is 38.1. The van der Waals surface area contributed by atoms with Gasteiger partial charge in [-0.05, 0) is 30.2 Å². The molecule has 2 aromatic carbocycles. The van der Waals surface area contributed by atoms with Crippen LogP contribution in [0.4, 0.5) is 0 Å². The molecule has 2 N–H and O–H groups in total. The van der Waals surface area contributed by atoms with Gasteiger partial charge in [0.25, 0.3) is 0 Å². The van der Waals surface area contributed by atoms with Crippen LogP contribution in [-0.2, 0) is 52.4 Å². The molecular weight excluding hydrogens is 700 g/mol. The summed E-state index contributed by atoms with van der Waals surface area (Å²) in [5.41, 5.74) is -0.0517. The van der Waals surface area contributed by atoms with Crippen molar-refractivity contribution in [1.29, 1.82) is 5.26 Å². The zero-order valence-corrected chi connectivity index (χ0v) is 30.0. The van der Waals surface area contributed by atoms with Gasteiger partial charge >= 0.3 is 29.8 Å². The third-order valence-corrected chi connectivity index (χ3v) is 8.90. The quantitative estimate of drug-likeness (QED) is 0.236. The number of phenols is 1. The van der Waals surface area contributed by atoms with E-state index in [1.165, 1.54) is 25.3 Å². The van der Waals surface area contributed by atoms with E-state index in [0.29, 0.717) is 11.1 Å². The number of rotatable bonds is 12. The SMILES string of the molecule is CCOC(=O)C1=C(c2ccccc2)NC(S[C@@H]2O[C@H](COC(C)=O)[C@H](OC(C)=O)[C@H](OC(C)=O)[C@H]2OC(C)=O)=C(C#N)C1c1ccc(O)c(OC)c1. The number of carbonyl (C=O) groups excluding carboxylic acids is 5. The molecule has 276 valence electrons. The van der Waals surface area contributed by atoms with Crippen molar-refractivity contribution in [2.45, 2.75) is 70.4 Å². The first-order valence-corrected chi connectivity index (χ1v) is 16.9. The van der Waals surface area contributed by atoms with Crippen LogP contribution in [0.5, 0.6) is 11.5 Å². The number of carbonyl (C=O) groups is 5. The van der Waals surface area contributed by atoms with Gasteiger partial charge in [0, 0.05) is 27.7 Å². The van der Waals surface area contributed by atoms with Gasteiger partial charge in [-0.15, -0.1) is 0 Å². The number of benzene rings is 2. The fourth-order valence-corrected chi connectivity index (χ4v) is 6.97. The number of phenolic OH excluding ortho intramolecular Hbond substituents is 1. The van der Waals surface area contributed by atoms with Gasteiger partial charge in [-0.25, -0.2) is 4.79 Å². The lowest BCUT2D eigenvalue weighted by Gasteiger charge is -2.44. The van der Waals surface area contributed by atoms with Gasteiger partial charge in [-0.3, -0.25) is 19.2 Å². The first-order valence-electron chi connectivity index (χ1n) is 16.0. The topological polar surface area (TPSA) is 206 Å². The normalized spacial score (nSPS) is 22.6.